The second-order valence-electron chi connectivity index (χ2n) is 6.35. The Morgan fingerprint density at radius 3 is 1.20 bits per heavy atom. The molecule has 2 aromatic rings. The van der Waals surface area contributed by atoms with Crippen molar-refractivity contribution in [2.45, 2.75) is 50.4 Å². The molecule has 0 saturated carbocycles. The summed E-state index contributed by atoms with van der Waals surface area (Å²) in [5.41, 5.74) is 6.44. The van der Waals surface area contributed by atoms with Gasteiger partial charge in [0.05, 0.1) is 0 Å². The summed E-state index contributed by atoms with van der Waals surface area (Å²) in [5.74, 6) is 1.27. The first kappa shape index (κ1) is 12.2. The minimum absolute atomic E-state index is 0.636. The van der Waals surface area contributed by atoms with Gasteiger partial charge in [-0.15, -0.1) is 0 Å². The van der Waals surface area contributed by atoms with Crippen LogP contribution in [0.15, 0.2) is 48.5 Å². The Labute approximate surface area is 121 Å². The molecule has 2 aliphatic carbocycles. The van der Waals surface area contributed by atoms with Crippen LogP contribution in [0, 0.1) is 0 Å². The van der Waals surface area contributed by atoms with Gasteiger partial charge in [-0.3, -0.25) is 0 Å². The van der Waals surface area contributed by atoms with Crippen LogP contribution in [0.4, 0.5) is 0 Å². The molecule has 0 saturated heterocycles. The molecule has 0 fully saturated rings. The SMILES string of the molecule is c1ccc2c(c1)C1CCCCCCC2c2ccccc21. The molecule has 0 radical (unpaired) electrons. The van der Waals surface area contributed by atoms with Gasteiger partial charge in [0.25, 0.3) is 0 Å². The summed E-state index contributed by atoms with van der Waals surface area (Å²) < 4.78 is 0. The van der Waals surface area contributed by atoms with Crippen LogP contribution < -0.4 is 0 Å². The van der Waals surface area contributed by atoms with Gasteiger partial charge >= 0.3 is 0 Å². The maximum Gasteiger partial charge on any atom is 0.00952 e. The largest absolute Gasteiger partial charge is 0.0620 e. The summed E-state index contributed by atoms with van der Waals surface area (Å²) in [7, 11) is 0. The van der Waals surface area contributed by atoms with Gasteiger partial charge in [-0.1, -0.05) is 74.2 Å². The average molecular weight is 262 g/mol. The molecule has 20 heavy (non-hydrogen) atoms. The molecule has 0 N–H and O–H groups in total. The summed E-state index contributed by atoms with van der Waals surface area (Å²) in [6.45, 7) is 0. The molecule has 4 rings (SSSR count). The molecule has 0 heteroatoms. The Balaban J connectivity index is 1.93. The Kier molecular flexibility index (Phi) is 3.10. The fraction of sp³-hybridized carbons (Fsp3) is 0.400. The highest BCUT2D eigenvalue weighted by atomic mass is 14.3. The maximum absolute atomic E-state index is 2.38. The van der Waals surface area contributed by atoms with E-state index in [0.717, 1.165) is 0 Å². The van der Waals surface area contributed by atoms with Crippen molar-refractivity contribution in [2.75, 3.05) is 0 Å². The monoisotopic (exact) mass is 262 g/mol. The predicted octanol–water partition coefficient (Wildman–Crippen LogP) is 5.62. The van der Waals surface area contributed by atoms with E-state index >= 15 is 0 Å². The molecular weight excluding hydrogens is 240 g/mol. The molecule has 0 aliphatic heterocycles. The summed E-state index contributed by atoms with van der Waals surface area (Å²) in [6.07, 6.45) is 8.21. The third-order valence-corrected chi connectivity index (χ3v) is 5.23. The van der Waals surface area contributed by atoms with E-state index < -0.39 is 0 Å². The molecule has 0 heterocycles. The molecule has 2 aromatic carbocycles. The first-order valence-electron chi connectivity index (χ1n) is 8.13. The summed E-state index contributed by atoms with van der Waals surface area (Å²) in [4.78, 5) is 0. The zero-order chi connectivity index (χ0) is 13.4. The highest BCUT2D eigenvalue weighted by Crippen LogP contribution is 2.47. The molecule has 0 atom stereocenters. The lowest BCUT2D eigenvalue weighted by Gasteiger charge is -2.35. The van der Waals surface area contributed by atoms with Crippen molar-refractivity contribution in [3.05, 3.63) is 70.8 Å². The van der Waals surface area contributed by atoms with Gasteiger partial charge in [-0.25, -0.2) is 0 Å². The first-order chi connectivity index (χ1) is 9.95. The highest BCUT2D eigenvalue weighted by molar-refractivity contribution is 5.52. The molecular formula is C20H22. The standard InChI is InChI=1S/C20H22/c1-2-4-10-16-19-13-7-5-11-17(19)15(9-3-1)18-12-6-8-14-20(16)18/h5-8,11-16H,1-4,9-10H2. The van der Waals surface area contributed by atoms with Crippen LogP contribution >= 0.6 is 0 Å². The second kappa shape index (κ2) is 5.09. The third-order valence-electron chi connectivity index (χ3n) is 5.23. The number of fused-ring (bicyclic) bond motifs is 3. The van der Waals surface area contributed by atoms with Crippen molar-refractivity contribution in [1.29, 1.82) is 0 Å². The lowest BCUT2D eigenvalue weighted by atomic mass is 9.69. The summed E-state index contributed by atoms with van der Waals surface area (Å²) in [5, 5.41) is 0. The average Bonchev–Trinajstić information content (AvgIpc) is 2.53. The fourth-order valence-corrected chi connectivity index (χ4v) is 4.30. The third kappa shape index (κ3) is 1.90. The van der Waals surface area contributed by atoms with Crippen LogP contribution in [0.1, 0.15) is 72.6 Å². The second-order valence-corrected chi connectivity index (χ2v) is 6.35. The molecule has 0 aromatic heterocycles. The highest BCUT2D eigenvalue weighted by Gasteiger charge is 2.31. The van der Waals surface area contributed by atoms with E-state index in [9.17, 15) is 0 Å². The van der Waals surface area contributed by atoms with Gasteiger partial charge < -0.3 is 0 Å². The number of hydrogen-bond acceptors (Lipinski definition) is 0. The quantitative estimate of drug-likeness (QED) is 0.578. The van der Waals surface area contributed by atoms with E-state index in [-0.39, 0.29) is 0 Å². The van der Waals surface area contributed by atoms with Crippen molar-refractivity contribution in [2.24, 2.45) is 0 Å². The van der Waals surface area contributed by atoms with Crippen LogP contribution in [-0.4, -0.2) is 0 Å². The van der Waals surface area contributed by atoms with E-state index in [2.05, 4.69) is 48.5 Å². The van der Waals surface area contributed by atoms with E-state index in [0.29, 0.717) is 11.8 Å². The predicted molar refractivity (Wildman–Crippen MR) is 84.3 cm³/mol. The molecule has 0 unspecified atom stereocenters. The van der Waals surface area contributed by atoms with E-state index in [4.69, 9.17) is 0 Å². The van der Waals surface area contributed by atoms with Gasteiger partial charge in [0.15, 0.2) is 0 Å². The van der Waals surface area contributed by atoms with Crippen LogP contribution in [0.3, 0.4) is 0 Å². The summed E-state index contributed by atoms with van der Waals surface area (Å²) in [6, 6.07) is 18.4. The van der Waals surface area contributed by atoms with Crippen LogP contribution in [0.5, 0.6) is 0 Å². The molecule has 0 spiro atoms. The van der Waals surface area contributed by atoms with E-state index in [1.807, 2.05) is 0 Å². The Bertz CT molecular complexity index is 509. The minimum Gasteiger partial charge on any atom is -0.0620 e. The Morgan fingerprint density at radius 2 is 0.850 bits per heavy atom. The van der Waals surface area contributed by atoms with Crippen molar-refractivity contribution in [1.82, 2.24) is 0 Å². The van der Waals surface area contributed by atoms with Crippen LogP contribution in [-0.2, 0) is 0 Å². The molecule has 0 nitrogen and oxygen atoms in total. The topological polar surface area (TPSA) is 0 Å². The van der Waals surface area contributed by atoms with Crippen LogP contribution in [0.2, 0.25) is 0 Å². The van der Waals surface area contributed by atoms with Gasteiger partial charge in [-0.2, -0.15) is 0 Å². The van der Waals surface area contributed by atoms with Crippen LogP contribution in [0.25, 0.3) is 0 Å². The zero-order valence-corrected chi connectivity index (χ0v) is 12.0. The lowest BCUT2D eigenvalue weighted by Crippen LogP contribution is -2.19. The van der Waals surface area contributed by atoms with Crippen molar-refractivity contribution in [3.8, 4) is 0 Å². The normalized spacial score (nSPS) is 24.8. The van der Waals surface area contributed by atoms with Gasteiger partial charge in [-0.05, 0) is 35.1 Å². The van der Waals surface area contributed by atoms with Gasteiger partial charge in [0.2, 0.25) is 0 Å². The number of rotatable bonds is 0. The fourth-order valence-electron chi connectivity index (χ4n) is 4.30. The lowest BCUT2D eigenvalue weighted by molar-refractivity contribution is 0.513. The summed E-state index contributed by atoms with van der Waals surface area (Å²) >= 11 is 0. The molecule has 102 valence electrons. The van der Waals surface area contributed by atoms with Gasteiger partial charge in [0.1, 0.15) is 0 Å². The van der Waals surface area contributed by atoms with E-state index in [1.54, 1.807) is 22.3 Å². The van der Waals surface area contributed by atoms with Crippen molar-refractivity contribution >= 4 is 0 Å². The Morgan fingerprint density at radius 1 is 0.500 bits per heavy atom. The minimum atomic E-state index is 0.636. The molecule has 0 amide bonds. The molecule has 2 aliphatic rings. The zero-order valence-electron chi connectivity index (χ0n) is 12.0. The molecule has 2 bridgehead atoms. The Hall–Kier alpha value is -1.56. The van der Waals surface area contributed by atoms with Gasteiger partial charge in [0, 0.05) is 11.8 Å². The maximum atomic E-state index is 2.38. The van der Waals surface area contributed by atoms with E-state index in [1.165, 1.54) is 38.5 Å². The number of benzene rings is 2. The number of hydrogen-bond donors (Lipinski definition) is 0. The van der Waals surface area contributed by atoms with Crippen molar-refractivity contribution < 1.29 is 0 Å². The first-order valence-corrected chi connectivity index (χ1v) is 8.13. The smallest absolute Gasteiger partial charge is 0.00952 e. The van der Waals surface area contributed by atoms with Crippen molar-refractivity contribution in [3.63, 3.8) is 0 Å².